The second kappa shape index (κ2) is 9.32. The van der Waals surface area contributed by atoms with E-state index in [1.807, 2.05) is 35.2 Å². The third-order valence-corrected chi connectivity index (χ3v) is 5.76. The molecule has 0 bridgehead atoms. The number of aromatic amines is 1. The molecule has 0 atom stereocenters. The molecule has 28 heavy (non-hydrogen) atoms. The van der Waals surface area contributed by atoms with Crippen molar-refractivity contribution in [1.29, 1.82) is 0 Å². The Hall–Kier alpha value is -2.22. The molecular weight excluding hydrogens is 387 g/mol. The first-order valence-electron chi connectivity index (χ1n) is 9.23. The van der Waals surface area contributed by atoms with Crippen molar-refractivity contribution < 1.29 is 22.9 Å². The van der Waals surface area contributed by atoms with E-state index in [1.165, 1.54) is 11.0 Å². The molecule has 1 aromatic heterocycles. The van der Waals surface area contributed by atoms with Crippen LogP contribution in [-0.2, 0) is 11.0 Å². The van der Waals surface area contributed by atoms with Crippen LogP contribution in [0.2, 0.25) is 0 Å². The molecule has 2 N–H and O–H groups in total. The van der Waals surface area contributed by atoms with E-state index in [0.29, 0.717) is 38.3 Å². The van der Waals surface area contributed by atoms with E-state index >= 15 is 0 Å². The summed E-state index contributed by atoms with van der Waals surface area (Å²) in [5, 5.41) is 2.99. The summed E-state index contributed by atoms with van der Waals surface area (Å²) >= 11 is 1.70. The van der Waals surface area contributed by atoms with E-state index in [9.17, 15) is 18.0 Å². The average Bonchev–Trinajstić information content (AvgIpc) is 2.71. The number of rotatable bonds is 6. The lowest BCUT2D eigenvalue weighted by Gasteiger charge is -2.27. The predicted molar refractivity (Wildman–Crippen MR) is 103 cm³/mol. The number of nitrogens with zero attached hydrogens (tertiary/aromatic N) is 1. The quantitative estimate of drug-likeness (QED) is 0.584. The standard InChI is InChI=1S/C20H22F3N3OS/c21-20(22,23)16-6-7-18(25-14-16)26-11-8-15(9-12-26)19(27)24-10-13-28-17-4-2-1-3-5-17/h1-7,14-15H,8-13H2,(H,24,27)/p+1. The number of anilines is 1. The summed E-state index contributed by atoms with van der Waals surface area (Å²) in [5.41, 5.74) is -0.695. The normalized spacial score (nSPS) is 15.5. The van der Waals surface area contributed by atoms with Gasteiger partial charge >= 0.3 is 6.18 Å². The third-order valence-electron chi connectivity index (χ3n) is 4.74. The van der Waals surface area contributed by atoms with Gasteiger partial charge in [-0.3, -0.25) is 9.69 Å². The number of pyridine rings is 1. The topological polar surface area (TPSA) is 46.5 Å². The van der Waals surface area contributed by atoms with Crippen LogP contribution in [0, 0.1) is 5.92 Å². The fourth-order valence-corrected chi connectivity index (χ4v) is 3.97. The van der Waals surface area contributed by atoms with Gasteiger partial charge in [-0.25, -0.2) is 4.98 Å². The Morgan fingerprint density at radius 3 is 2.46 bits per heavy atom. The Kier molecular flexibility index (Phi) is 6.83. The van der Waals surface area contributed by atoms with Crippen LogP contribution in [-0.4, -0.2) is 31.3 Å². The molecule has 3 rings (SSSR count). The molecule has 1 aromatic carbocycles. The van der Waals surface area contributed by atoms with E-state index in [2.05, 4.69) is 10.3 Å². The summed E-state index contributed by atoms with van der Waals surface area (Å²) in [6.45, 7) is 1.89. The summed E-state index contributed by atoms with van der Waals surface area (Å²) in [7, 11) is 0. The number of piperidine rings is 1. The number of amides is 1. The Morgan fingerprint density at radius 2 is 1.86 bits per heavy atom. The number of carbonyl (C=O) groups excluding carboxylic acids is 1. The number of alkyl halides is 3. The molecule has 150 valence electrons. The van der Waals surface area contributed by atoms with Gasteiger partial charge in [0.25, 0.3) is 5.82 Å². The van der Waals surface area contributed by atoms with Crippen molar-refractivity contribution in [2.45, 2.75) is 23.9 Å². The SMILES string of the molecule is O=C(NCCSc1ccccc1)C1CCN(c2ccc(C(F)(F)F)c[nH+]2)CC1. The number of hydrogen-bond acceptors (Lipinski definition) is 3. The lowest BCUT2D eigenvalue weighted by molar-refractivity contribution is -0.367. The minimum absolute atomic E-state index is 0.0487. The van der Waals surface area contributed by atoms with Crippen LogP contribution in [0.5, 0.6) is 0 Å². The minimum atomic E-state index is -4.35. The van der Waals surface area contributed by atoms with Crippen LogP contribution in [0.3, 0.4) is 0 Å². The van der Waals surface area contributed by atoms with Gasteiger partial charge < -0.3 is 5.32 Å². The molecule has 8 heteroatoms. The molecule has 1 amide bonds. The number of H-pyrrole nitrogens is 1. The van der Waals surface area contributed by atoms with Crippen LogP contribution in [0.15, 0.2) is 53.6 Å². The maximum absolute atomic E-state index is 12.6. The van der Waals surface area contributed by atoms with E-state index in [-0.39, 0.29) is 11.8 Å². The zero-order chi connectivity index (χ0) is 20.0. The van der Waals surface area contributed by atoms with Crippen LogP contribution < -0.4 is 15.2 Å². The van der Waals surface area contributed by atoms with Gasteiger partial charge in [0.05, 0.1) is 18.7 Å². The Bertz CT molecular complexity index is 761. The summed E-state index contributed by atoms with van der Waals surface area (Å²) in [6.07, 6.45) is -1.99. The van der Waals surface area contributed by atoms with E-state index < -0.39 is 11.7 Å². The van der Waals surface area contributed by atoms with Crippen molar-refractivity contribution >= 4 is 23.5 Å². The molecule has 0 unspecified atom stereocenters. The fourth-order valence-electron chi connectivity index (χ4n) is 3.18. The van der Waals surface area contributed by atoms with Crippen LogP contribution in [0.25, 0.3) is 0 Å². The molecule has 1 aliphatic rings. The maximum Gasteiger partial charge on any atom is 0.419 e. The molecule has 2 aromatic rings. The van der Waals surface area contributed by atoms with Crippen molar-refractivity contribution in [3.63, 3.8) is 0 Å². The van der Waals surface area contributed by atoms with Crippen molar-refractivity contribution in [2.75, 3.05) is 30.3 Å². The second-order valence-corrected chi connectivity index (χ2v) is 7.84. The van der Waals surface area contributed by atoms with Gasteiger partial charge in [-0.15, -0.1) is 11.8 Å². The van der Waals surface area contributed by atoms with Gasteiger partial charge in [-0.2, -0.15) is 13.2 Å². The number of aromatic nitrogens is 1. The van der Waals surface area contributed by atoms with Gasteiger partial charge in [0, 0.05) is 29.2 Å². The van der Waals surface area contributed by atoms with E-state index in [1.54, 1.807) is 11.8 Å². The first-order chi connectivity index (χ1) is 13.4. The summed E-state index contributed by atoms with van der Waals surface area (Å²) in [4.78, 5) is 18.2. The molecule has 2 heterocycles. The van der Waals surface area contributed by atoms with Crippen LogP contribution in [0.4, 0.5) is 19.0 Å². The maximum atomic E-state index is 12.6. The first kappa shape index (κ1) is 20.5. The molecule has 1 aliphatic heterocycles. The molecule has 0 saturated carbocycles. The van der Waals surface area contributed by atoms with Gasteiger partial charge in [0.2, 0.25) is 5.91 Å². The lowest BCUT2D eigenvalue weighted by atomic mass is 9.96. The highest BCUT2D eigenvalue weighted by Crippen LogP contribution is 2.29. The zero-order valence-electron chi connectivity index (χ0n) is 15.3. The van der Waals surface area contributed by atoms with Crippen molar-refractivity contribution in [1.82, 2.24) is 5.32 Å². The minimum Gasteiger partial charge on any atom is -0.355 e. The number of hydrogen-bond donors (Lipinski definition) is 1. The highest BCUT2D eigenvalue weighted by atomic mass is 32.2. The second-order valence-electron chi connectivity index (χ2n) is 6.67. The number of nitrogens with one attached hydrogen (secondary N) is 2. The highest BCUT2D eigenvalue weighted by molar-refractivity contribution is 7.99. The first-order valence-corrected chi connectivity index (χ1v) is 10.2. The van der Waals surface area contributed by atoms with Gasteiger partial charge in [-0.1, -0.05) is 18.2 Å². The highest BCUT2D eigenvalue weighted by Gasteiger charge is 2.33. The molecule has 1 fully saturated rings. The van der Waals surface area contributed by atoms with Gasteiger partial charge in [-0.05, 0) is 31.0 Å². The number of benzene rings is 1. The van der Waals surface area contributed by atoms with Crippen molar-refractivity contribution in [2.24, 2.45) is 5.92 Å². The average molecular weight is 410 g/mol. The van der Waals surface area contributed by atoms with E-state index in [0.717, 1.165) is 18.0 Å². The molecule has 4 nitrogen and oxygen atoms in total. The Labute approximate surface area is 166 Å². The third kappa shape index (κ3) is 5.64. The molecule has 0 radical (unpaired) electrons. The summed E-state index contributed by atoms with van der Waals surface area (Å²) in [6, 6.07) is 12.6. The van der Waals surface area contributed by atoms with Gasteiger partial charge in [0.15, 0.2) is 0 Å². The monoisotopic (exact) mass is 410 g/mol. The molecule has 1 saturated heterocycles. The fraction of sp³-hybridized carbons (Fsp3) is 0.400. The summed E-state index contributed by atoms with van der Waals surface area (Å²) in [5.74, 6) is 1.47. The molecule has 0 spiro atoms. The smallest absolute Gasteiger partial charge is 0.355 e. The van der Waals surface area contributed by atoms with Gasteiger partial charge in [0.1, 0.15) is 6.20 Å². The Balaban J connectivity index is 1.40. The van der Waals surface area contributed by atoms with Crippen LogP contribution in [0.1, 0.15) is 18.4 Å². The van der Waals surface area contributed by atoms with E-state index in [4.69, 9.17) is 0 Å². The Morgan fingerprint density at radius 1 is 1.14 bits per heavy atom. The number of carbonyl (C=O) groups is 1. The largest absolute Gasteiger partial charge is 0.419 e. The lowest BCUT2D eigenvalue weighted by Crippen LogP contribution is -2.42. The predicted octanol–water partition coefficient (Wildman–Crippen LogP) is 3.64. The van der Waals surface area contributed by atoms with Crippen LogP contribution >= 0.6 is 11.8 Å². The zero-order valence-corrected chi connectivity index (χ0v) is 16.2. The number of halogens is 3. The van der Waals surface area contributed by atoms with Crippen molar-refractivity contribution in [3.8, 4) is 0 Å². The summed E-state index contributed by atoms with van der Waals surface area (Å²) < 4.78 is 37.9. The number of thioether (sulfide) groups is 1. The molecule has 0 aliphatic carbocycles. The molecular formula is C20H23F3N3OS+. The van der Waals surface area contributed by atoms with Crippen molar-refractivity contribution in [3.05, 3.63) is 54.2 Å².